The molecular weight excluding hydrogens is 198 g/mol. The van der Waals surface area contributed by atoms with Gasteiger partial charge in [0.05, 0.1) is 0 Å². The number of hydrogen-bond donors (Lipinski definition) is 2. The summed E-state index contributed by atoms with van der Waals surface area (Å²) in [6.07, 6.45) is 3.38. The molecule has 0 aliphatic rings. The molecule has 2 N–H and O–H groups in total. The number of hydrogen-bond acceptors (Lipinski definition) is 3. The molecular formula is C10H11NO4. The summed E-state index contributed by atoms with van der Waals surface area (Å²) in [5.74, 6) is -2.36. The van der Waals surface area contributed by atoms with Crippen LogP contribution in [0.3, 0.4) is 0 Å². The largest absolute Gasteiger partial charge is 0.478 e. The van der Waals surface area contributed by atoms with Gasteiger partial charge in [-0.1, -0.05) is 19.2 Å². The zero-order chi connectivity index (χ0) is 11.8. The Hall–Kier alpha value is -2.17. The Morgan fingerprint density at radius 3 is 2.33 bits per heavy atom. The third kappa shape index (κ3) is 5.98. The predicted molar refractivity (Wildman–Crippen MR) is 53.9 cm³/mol. The van der Waals surface area contributed by atoms with E-state index >= 15 is 0 Å². The summed E-state index contributed by atoms with van der Waals surface area (Å²) in [6, 6.07) is 0. The Kier molecular flexibility index (Phi) is 5.40. The summed E-state index contributed by atoms with van der Waals surface area (Å²) in [5, 5.41) is 10.4. The normalized spacial score (nSPS) is 9.60. The smallest absolute Gasteiger partial charge is 0.331 e. The highest BCUT2D eigenvalue weighted by Gasteiger charge is 2.02. The summed E-state index contributed by atoms with van der Waals surface area (Å²) in [5.41, 5.74) is -0.0332. The Labute approximate surface area is 86.8 Å². The summed E-state index contributed by atoms with van der Waals surface area (Å²) < 4.78 is 0. The van der Waals surface area contributed by atoms with E-state index in [-0.39, 0.29) is 12.0 Å². The first kappa shape index (κ1) is 12.8. The van der Waals surface area contributed by atoms with E-state index in [2.05, 4.69) is 13.2 Å². The van der Waals surface area contributed by atoms with Crippen LogP contribution in [0.2, 0.25) is 0 Å². The van der Waals surface area contributed by atoms with Gasteiger partial charge in [0, 0.05) is 5.57 Å². The molecule has 0 rings (SSSR count). The quantitative estimate of drug-likeness (QED) is 0.642. The Morgan fingerprint density at radius 2 is 1.87 bits per heavy atom. The van der Waals surface area contributed by atoms with E-state index in [1.807, 2.05) is 5.32 Å². The van der Waals surface area contributed by atoms with Gasteiger partial charge in [-0.05, 0) is 18.6 Å². The van der Waals surface area contributed by atoms with Crippen LogP contribution in [-0.2, 0) is 14.4 Å². The minimum absolute atomic E-state index is 0.0332. The van der Waals surface area contributed by atoms with Crippen molar-refractivity contribution in [2.24, 2.45) is 0 Å². The second kappa shape index (κ2) is 6.31. The SMILES string of the molecule is C=CC(=O)NC(=O)C=CCC(=C)C(=O)O. The maximum absolute atomic E-state index is 10.9. The van der Waals surface area contributed by atoms with Gasteiger partial charge in [0.15, 0.2) is 0 Å². The molecule has 0 unspecified atom stereocenters. The fourth-order valence-corrected chi connectivity index (χ4v) is 0.610. The summed E-state index contributed by atoms with van der Waals surface area (Å²) in [4.78, 5) is 31.8. The van der Waals surface area contributed by atoms with E-state index in [9.17, 15) is 14.4 Å². The fraction of sp³-hybridized carbons (Fsp3) is 0.100. The van der Waals surface area contributed by atoms with Crippen molar-refractivity contribution in [3.8, 4) is 0 Å². The van der Waals surface area contributed by atoms with E-state index in [0.29, 0.717) is 0 Å². The molecule has 0 radical (unpaired) electrons. The highest BCUT2D eigenvalue weighted by atomic mass is 16.4. The lowest BCUT2D eigenvalue weighted by molar-refractivity contribution is -0.132. The number of rotatable bonds is 5. The van der Waals surface area contributed by atoms with Gasteiger partial charge in [-0.3, -0.25) is 14.9 Å². The van der Waals surface area contributed by atoms with Gasteiger partial charge in [0.1, 0.15) is 0 Å². The summed E-state index contributed by atoms with van der Waals surface area (Å²) >= 11 is 0. The fourth-order valence-electron chi connectivity index (χ4n) is 0.610. The van der Waals surface area contributed by atoms with Crippen molar-refractivity contribution in [1.29, 1.82) is 0 Å². The molecule has 5 heteroatoms. The highest BCUT2D eigenvalue weighted by molar-refractivity contribution is 6.04. The molecule has 0 spiro atoms. The third-order valence-corrected chi connectivity index (χ3v) is 1.37. The first-order valence-corrected chi connectivity index (χ1v) is 4.02. The number of allylic oxidation sites excluding steroid dienone is 1. The topological polar surface area (TPSA) is 83.5 Å². The molecule has 0 aliphatic heterocycles. The molecule has 0 aromatic carbocycles. The van der Waals surface area contributed by atoms with Crippen LogP contribution < -0.4 is 5.32 Å². The van der Waals surface area contributed by atoms with E-state index in [1.54, 1.807) is 0 Å². The molecule has 0 atom stereocenters. The molecule has 0 bridgehead atoms. The second-order valence-corrected chi connectivity index (χ2v) is 2.57. The van der Waals surface area contributed by atoms with Gasteiger partial charge in [0.25, 0.3) is 0 Å². The second-order valence-electron chi connectivity index (χ2n) is 2.57. The lowest BCUT2D eigenvalue weighted by Gasteiger charge is -1.95. The van der Waals surface area contributed by atoms with Crippen molar-refractivity contribution in [3.63, 3.8) is 0 Å². The van der Waals surface area contributed by atoms with Gasteiger partial charge in [-0.25, -0.2) is 4.79 Å². The number of imide groups is 1. The van der Waals surface area contributed by atoms with Gasteiger partial charge < -0.3 is 5.11 Å². The number of nitrogens with one attached hydrogen (secondary N) is 1. The summed E-state index contributed by atoms with van der Waals surface area (Å²) in [6.45, 7) is 6.43. The van der Waals surface area contributed by atoms with E-state index in [1.165, 1.54) is 6.08 Å². The first-order chi connectivity index (χ1) is 6.97. The zero-order valence-corrected chi connectivity index (χ0v) is 8.03. The van der Waals surface area contributed by atoms with Gasteiger partial charge >= 0.3 is 5.97 Å². The minimum atomic E-state index is -1.12. The van der Waals surface area contributed by atoms with Crippen molar-refractivity contribution in [2.45, 2.75) is 6.42 Å². The van der Waals surface area contributed by atoms with E-state index < -0.39 is 17.8 Å². The van der Waals surface area contributed by atoms with Crippen LogP contribution in [-0.4, -0.2) is 22.9 Å². The number of carbonyl (C=O) groups excluding carboxylic acids is 2. The number of amides is 2. The monoisotopic (exact) mass is 209 g/mol. The number of carboxylic acids is 1. The van der Waals surface area contributed by atoms with Crippen molar-refractivity contribution >= 4 is 17.8 Å². The molecule has 0 heterocycles. The molecule has 2 amide bonds. The van der Waals surface area contributed by atoms with Crippen LogP contribution in [0, 0.1) is 0 Å². The number of aliphatic carboxylic acids is 1. The lowest BCUT2D eigenvalue weighted by atomic mass is 10.2. The van der Waals surface area contributed by atoms with Crippen LogP contribution in [0.15, 0.2) is 37.0 Å². The van der Waals surface area contributed by atoms with Crippen molar-refractivity contribution in [1.82, 2.24) is 5.32 Å². The van der Waals surface area contributed by atoms with E-state index in [4.69, 9.17) is 5.11 Å². The first-order valence-electron chi connectivity index (χ1n) is 4.02. The standard InChI is InChI=1S/C10H11NO4/c1-3-8(12)11-9(13)6-4-5-7(2)10(14)15/h3-4,6H,1-2,5H2,(H,14,15)(H,11,12,13). The maximum Gasteiger partial charge on any atom is 0.331 e. The molecule has 5 nitrogen and oxygen atoms in total. The molecule has 80 valence electrons. The lowest BCUT2D eigenvalue weighted by Crippen LogP contribution is -2.26. The van der Waals surface area contributed by atoms with Crippen LogP contribution in [0.4, 0.5) is 0 Å². The number of carbonyl (C=O) groups is 3. The molecule has 0 saturated carbocycles. The number of carboxylic acid groups (broad SMARTS) is 1. The summed E-state index contributed by atoms with van der Waals surface area (Å²) in [7, 11) is 0. The molecule has 15 heavy (non-hydrogen) atoms. The molecule has 0 aromatic rings. The van der Waals surface area contributed by atoms with E-state index in [0.717, 1.165) is 12.2 Å². The average Bonchev–Trinajstić information content (AvgIpc) is 2.17. The van der Waals surface area contributed by atoms with Crippen molar-refractivity contribution in [2.75, 3.05) is 0 Å². The predicted octanol–water partition coefficient (Wildman–Crippen LogP) is 0.402. The Morgan fingerprint density at radius 1 is 1.27 bits per heavy atom. The van der Waals surface area contributed by atoms with Gasteiger partial charge in [0.2, 0.25) is 11.8 Å². The molecule has 0 saturated heterocycles. The van der Waals surface area contributed by atoms with Crippen LogP contribution in [0.5, 0.6) is 0 Å². The van der Waals surface area contributed by atoms with Crippen LogP contribution >= 0.6 is 0 Å². The molecule has 0 aromatic heterocycles. The zero-order valence-electron chi connectivity index (χ0n) is 8.03. The van der Waals surface area contributed by atoms with Crippen molar-refractivity contribution < 1.29 is 19.5 Å². The van der Waals surface area contributed by atoms with Gasteiger partial charge in [-0.15, -0.1) is 0 Å². The van der Waals surface area contributed by atoms with Gasteiger partial charge in [-0.2, -0.15) is 0 Å². The molecule has 0 fully saturated rings. The maximum atomic E-state index is 10.9. The van der Waals surface area contributed by atoms with Crippen LogP contribution in [0.25, 0.3) is 0 Å². The Balaban J connectivity index is 4.02. The third-order valence-electron chi connectivity index (χ3n) is 1.37. The molecule has 0 aliphatic carbocycles. The van der Waals surface area contributed by atoms with Crippen LogP contribution in [0.1, 0.15) is 6.42 Å². The Bertz CT molecular complexity index is 341. The average molecular weight is 209 g/mol. The van der Waals surface area contributed by atoms with Crippen molar-refractivity contribution in [3.05, 3.63) is 37.0 Å². The highest BCUT2D eigenvalue weighted by Crippen LogP contribution is 1.98. The minimum Gasteiger partial charge on any atom is -0.478 e.